The van der Waals surface area contributed by atoms with E-state index in [1.807, 2.05) is 0 Å². The summed E-state index contributed by atoms with van der Waals surface area (Å²) in [4.78, 5) is 18.7. The first kappa shape index (κ1) is 16.1. The van der Waals surface area contributed by atoms with Gasteiger partial charge in [-0.25, -0.2) is 0 Å². The van der Waals surface area contributed by atoms with Gasteiger partial charge in [0.25, 0.3) is 0 Å². The van der Waals surface area contributed by atoms with Gasteiger partial charge in [-0.15, -0.1) is 0 Å². The van der Waals surface area contributed by atoms with Gasteiger partial charge in [0, 0.05) is 31.9 Å². The lowest BCUT2D eigenvalue weighted by atomic mass is 10.1. The van der Waals surface area contributed by atoms with Crippen molar-refractivity contribution in [1.29, 1.82) is 0 Å². The van der Waals surface area contributed by atoms with E-state index in [1.165, 1.54) is 31.2 Å². The molecule has 2 aromatic rings. The molecule has 0 unspecified atom stereocenters. The zero-order chi connectivity index (χ0) is 17.1. The van der Waals surface area contributed by atoms with Gasteiger partial charge in [-0.2, -0.15) is 15.0 Å². The lowest BCUT2D eigenvalue weighted by molar-refractivity contribution is 0.841. The second kappa shape index (κ2) is 7.25. The van der Waals surface area contributed by atoms with E-state index in [-0.39, 0.29) is 0 Å². The first-order chi connectivity index (χ1) is 12.3. The topological polar surface area (TPSA) is 57.2 Å². The molecule has 0 aliphatic carbocycles. The smallest absolute Gasteiger partial charge is 0.233 e. The summed E-state index contributed by atoms with van der Waals surface area (Å²) in [6.45, 7) is 6.31. The van der Waals surface area contributed by atoms with Crippen molar-refractivity contribution >= 4 is 23.5 Å². The molecule has 0 bridgehead atoms. The molecule has 132 valence electrons. The van der Waals surface area contributed by atoms with E-state index in [9.17, 15) is 0 Å². The van der Waals surface area contributed by atoms with Gasteiger partial charge in [0.15, 0.2) is 0 Å². The maximum Gasteiger partial charge on any atom is 0.233 e. The van der Waals surface area contributed by atoms with Crippen LogP contribution in [-0.2, 0) is 6.42 Å². The van der Waals surface area contributed by atoms with E-state index < -0.39 is 0 Å². The third-order valence-corrected chi connectivity index (χ3v) is 5.01. The molecule has 2 aliphatic rings. The molecular weight excluding hydrogens is 312 g/mol. The molecule has 25 heavy (non-hydrogen) atoms. The van der Waals surface area contributed by atoms with E-state index in [0.29, 0.717) is 5.95 Å². The van der Waals surface area contributed by atoms with Crippen LogP contribution in [0.25, 0.3) is 0 Å². The fourth-order valence-electron chi connectivity index (χ4n) is 3.48. The maximum absolute atomic E-state index is 4.76. The number of nitrogens with zero attached hydrogens (tertiary/aromatic N) is 5. The Kier molecular flexibility index (Phi) is 4.68. The third-order valence-electron chi connectivity index (χ3n) is 5.01. The van der Waals surface area contributed by atoms with Crippen LogP contribution in [0.3, 0.4) is 0 Å². The van der Waals surface area contributed by atoms with Crippen LogP contribution in [-0.4, -0.2) is 41.1 Å². The van der Waals surface area contributed by atoms with Crippen LogP contribution in [0.2, 0.25) is 0 Å². The van der Waals surface area contributed by atoms with E-state index in [4.69, 9.17) is 15.0 Å². The molecule has 4 rings (SSSR count). The largest absolute Gasteiger partial charge is 0.341 e. The molecule has 0 spiro atoms. The number of hydrogen-bond acceptors (Lipinski definition) is 6. The average Bonchev–Trinajstić information content (AvgIpc) is 3.36. The molecule has 0 atom stereocenters. The zero-order valence-corrected chi connectivity index (χ0v) is 14.9. The number of aryl methyl sites for hydroxylation is 1. The van der Waals surface area contributed by atoms with Crippen LogP contribution in [0, 0.1) is 0 Å². The number of hydrogen-bond donors (Lipinski definition) is 1. The summed E-state index contributed by atoms with van der Waals surface area (Å²) in [5.74, 6) is 2.26. The minimum atomic E-state index is 0.642. The number of rotatable bonds is 5. The van der Waals surface area contributed by atoms with Crippen molar-refractivity contribution in [3.63, 3.8) is 0 Å². The van der Waals surface area contributed by atoms with E-state index >= 15 is 0 Å². The Morgan fingerprint density at radius 1 is 0.800 bits per heavy atom. The van der Waals surface area contributed by atoms with Crippen molar-refractivity contribution in [1.82, 2.24) is 15.0 Å². The van der Waals surface area contributed by atoms with Crippen molar-refractivity contribution < 1.29 is 0 Å². The summed E-state index contributed by atoms with van der Waals surface area (Å²) in [5, 5.41) is 3.37. The first-order valence-electron chi connectivity index (χ1n) is 9.44. The lowest BCUT2D eigenvalue weighted by Crippen LogP contribution is -2.25. The number of nitrogens with one attached hydrogen (secondary N) is 1. The Morgan fingerprint density at radius 3 is 1.80 bits per heavy atom. The summed E-state index contributed by atoms with van der Waals surface area (Å²) >= 11 is 0. The predicted molar refractivity (Wildman–Crippen MR) is 102 cm³/mol. The average molecular weight is 338 g/mol. The highest BCUT2D eigenvalue weighted by Gasteiger charge is 2.21. The third kappa shape index (κ3) is 3.67. The van der Waals surface area contributed by atoms with Crippen molar-refractivity contribution in [2.45, 2.75) is 39.0 Å². The standard InChI is InChI=1S/C19H26N6/c1-2-15-7-9-16(10-8-15)20-17-21-18(24-11-3-4-12-24)23-19(22-17)25-13-5-6-14-25/h7-10H,2-6,11-14H2,1H3,(H,20,21,22,23). The predicted octanol–water partition coefficient (Wildman–Crippen LogP) is 3.38. The minimum absolute atomic E-state index is 0.642. The molecule has 1 aromatic heterocycles. The van der Waals surface area contributed by atoms with Gasteiger partial charge in [-0.05, 0) is 49.8 Å². The minimum Gasteiger partial charge on any atom is -0.341 e. The Balaban J connectivity index is 1.62. The first-order valence-corrected chi connectivity index (χ1v) is 9.44. The Morgan fingerprint density at radius 2 is 1.32 bits per heavy atom. The summed E-state index contributed by atoms with van der Waals surface area (Å²) in [6.07, 6.45) is 5.90. The molecule has 3 heterocycles. The molecule has 6 nitrogen and oxygen atoms in total. The van der Waals surface area contributed by atoms with Crippen LogP contribution in [0.4, 0.5) is 23.5 Å². The van der Waals surface area contributed by atoms with Gasteiger partial charge in [-0.3, -0.25) is 0 Å². The number of anilines is 4. The fraction of sp³-hybridized carbons (Fsp3) is 0.526. The molecule has 0 radical (unpaired) electrons. The molecule has 2 saturated heterocycles. The quantitative estimate of drug-likeness (QED) is 0.902. The van der Waals surface area contributed by atoms with E-state index in [1.54, 1.807) is 0 Å². The van der Waals surface area contributed by atoms with Gasteiger partial charge in [0.2, 0.25) is 17.8 Å². The van der Waals surface area contributed by atoms with Gasteiger partial charge in [0.05, 0.1) is 0 Å². The molecule has 0 amide bonds. The molecular formula is C19H26N6. The molecule has 1 aromatic carbocycles. The van der Waals surface area contributed by atoms with Gasteiger partial charge in [-0.1, -0.05) is 19.1 Å². The molecule has 2 fully saturated rings. The highest BCUT2D eigenvalue weighted by molar-refractivity contribution is 5.56. The van der Waals surface area contributed by atoms with Gasteiger partial charge in [0.1, 0.15) is 0 Å². The molecule has 2 aliphatic heterocycles. The van der Waals surface area contributed by atoms with Crippen molar-refractivity contribution in [2.75, 3.05) is 41.3 Å². The molecule has 0 saturated carbocycles. The summed E-state index contributed by atoms with van der Waals surface area (Å²) in [6, 6.07) is 8.47. The van der Waals surface area contributed by atoms with Crippen LogP contribution in [0.15, 0.2) is 24.3 Å². The summed E-state index contributed by atoms with van der Waals surface area (Å²) in [7, 11) is 0. The number of benzene rings is 1. The second-order valence-corrected chi connectivity index (χ2v) is 6.82. The molecule has 1 N–H and O–H groups in total. The van der Waals surface area contributed by atoms with E-state index in [2.05, 4.69) is 46.3 Å². The van der Waals surface area contributed by atoms with Crippen LogP contribution in [0.1, 0.15) is 38.2 Å². The Labute approximate surface area is 149 Å². The SMILES string of the molecule is CCc1ccc(Nc2nc(N3CCCC3)nc(N3CCCC3)n2)cc1. The monoisotopic (exact) mass is 338 g/mol. The van der Waals surface area contributed by atoms with Crippen LogP contribution < -0.4 is 15.1 Å². The normalized spacial score (nSPS) is 17.3. The maximum atomic E-state index is 4.76. The zero-order valence-electron chi connectivity index (χ0n) is 14.9. The Hall–Kier alpha value is -2.37. The highest BCUT2D eigenvalue weighted by Crippen LogP contribution is 2.24. The van der Waals surface area contributed by atoms with Crippen molar-refractivity contribution in [3.8, 4) is 0 Å². The van der Waals surface area contributed by atoms with Crippen molar-refractivity contribution in [2.24, 2.45) is 0 Å². The fourth-order valence-corrected chi connectivity index (χ4v) is 3.48. The molecule has 6 heteroatoms. The van der Waals surface area contributed by atoms with Gasteiger partial charge < -0.3 is 15.1 Å². The Bertz CT molecular complexity index is 668. The van der Waals surface area contributed by atoms with Crippen LogP contribution in [0.5, 0.6) is 0 Å². The summed E-state index contributed by atoms with van der Waals surface area (Å²) in [5.41, 5.74) is 2.35. The summed E-state index contributed by atoms with van der Waals surface area (Å²) < 4.78 is 0. The highest BCUT2D eigenvalue weighted by atomic mass is 15.4. The number of aromatic nitrogens is 3. The lowest BCUT2D eigenvalue weighted by Gasteiger charge is -2.20. The second-order valence-electron chi connectivity index (χ2n) is 6.82. The van der Waals surface area contributed by atoms with Crippen LogP contribution >= 0.6 is 0 Å². The van der Waals surface area contributed by atoms with Gasteiger partial charge >= 0.3 is 0 Å². The van der Waals surface area contributed by atoms with Crippen molar-refractivity contribution in [3.05, 3.63) is 29.8 Å². The van der Waals surface area contributed by atoms with E-state index in [0.717, 1.165) is 50.2 Å².